The molecule has 0 saturated heterocycles. The molecule has 112 valence electrons. The number of nitrogens with one attached hydrogen (secondary N) is 1. The average Bonchev–Trinajstić information content (AvgIpc) is 2.69. The number of carboxylic acid groups (broad SMARTS) is 1. The molecular weight excluding hydrogens is 282 g/mol. The normalized spacial score (nSPS) is 23.7. The summed E-state index contributed by atoms with van der Waals surface area (Å²) in [6, 6.07) is -0.199. The molecule has 0 amide bonds. The van der Waals surface area contributed by atoms with Gasteiger partial charge in [0.05, 0.1) is 11.6 Å². The Hall–Kier alpha value is -1.41. The van der Waals surface area contributed by atoms with Crippen molar-refractivity contribution in [1.29, 1.82) is 0 Å². The number of carboxylic acids is 1. The van der Waals surface area contributed by atoms with E-state index in [0.29, 0.717) is 31.4 Å². The lowest BCUT2D eigenvalue weighted by molar-refractivity contribution is -0.142. The van der Waals surface area contributed by atoms with Crippen LogP contribution in [0.25, 0.3) is 0 Å². The van der Waals surface area contributed by atoms with Crippen LogP contribution in [-0.2, 0) is 21.9 Å². The van der Waals surface area contributed by atoms with Gasteiger partial charge in [-0.2, -0.15) is 5.10 Å². The maximum atomic E-state index is 12.3. The first-order valence-corrected chi connectivity index (χ1v) is 8.03. The van der Waals surface area contributed by atoms with Gasteiger partial charge in [0.25, 0.3) is 0 Å². The zero-order chi connectivity index (χ0) is 14.9. The fourth-order valence-corrected chi connectivity index (χ4v) is 4.11. The molecule has 1 aromatic rings. The van der Waals surface area contributed by atoms with Crippen LogP contribution in [0.1, 0.15) is 31.4 Å². The van der Waals surface area contributed by atoms with Crippen molar-refractivity contribution >= 4 is 16.0 Å². The standard InChI is InChI=1S/C12H19N3O4S/c1-8-11(7-15(2)13-8)20(18,19)14-10-5-3-9(4-6-10)12(16)17/h7,9-10,14H,3-6H2,1-2H3,(H,16,17). The quantitative estimate of drug-likeness (QED) is 0.850. The first-order chi connectivity index (χ1) is 9.29. The maximum Gasteiger partial charge on any atom is 0.306 e. The van der Waals surface area contributed by atoms with E-state index in [-0.39, 0.29) is 16.9 Å². The molecule has 0 aromatic carbocycles. The van der Waals surface area contributed by atoms with Gasteiger partial charge in [-0.3, -0.25) is 9.48 Å². The van der Waals surface area contributed by atoms with Gasteiger partial charge in [-0.1, -0.05) is 0 Å². The second-order valence-corrected chi connectivity index (χ2v) is 6.94. The Morgan fingerprint density at radius 2 is 2.00 bits per heavy atom. The van der Waals surface area contributed by atoms with E-state index >= 15 is 0 Å². The van der Waals surface area contributed by atoms with Gasteiger partial charge in [0.2, 0.25) is 10.0 Å². The van der Waals surface area contributed by atoms with E-state index in [4.69, 9.17) is 5.11 Å². The average molecular weight is 301 g/mol. The Bertz CT molecular complexity index is 600. The Labute approximate surface area is 118 Å². The van der Waals surface area contributed by atoms with Crippen molar-refractivity contribution in [3.63, 3.8) is 0 Å². The van der Waals surface area contributed by atoms with E-state index in [1.165, 1.54) is 10.9 Å². The number of hydrogen-bond donors (Lipinski definition) is 2. The van der Waals surface area contributed by atoms with Gasteiger partial charge in [-0.15, -0.1) is 0 Å². The third-order valence-electron chi connectivity index (χ3n) is 3.66. The van der Waals surface area contributed by atoms with E-state index in [0.717, 1.165) is 0 Å². The highest BCUT2D eigenvalue weighted by atomic mass is 32.2. The van der Waals surface area contributed by atoms with Crippen molar-refractivity contribution < 1.29 is 18.3 Å². The molecule has 2 rings (SSSR count). The first-order valence-electron chi connectivity index (χ1n) is 6.55. The third kappa shape index (κ3) is 3.18. The number of aryl methyl sites for hydroxylation is 2. The molecule has 0 radical (unpaired) electrons. The highest BCUT2D eigenvalue weighted by Gasteiger charge is 2.30. The van der Waals surface area contributed by atoms with E-state index < -0.39 is 16.0 Å². The fourth-order valence-electron chi connectivity index (χ4n) is 2.58. The van der Waals surface area contributed by atoms with Crippen molar-refractivity contribution in [1.82, 2.24) is 14.5 Å². The Morgan fingerprint density at radius 3 is 2.45 bits per heavy atom. The van der Waals surface area contributed by atoms with Gasteiger partial charge >= 0.3 is 5.97 Å². The summed E-state index contributed by atoms with van der Waals surface area (Å²) < 4.78 is 28.7. The number of aliphatic carboxylic acids is 1. The summed E-state index contributed by atoms with van der Waals surface area (Å²) in [7, 11) is -1.92. The van der Waals surface area contributed by atoms with Gasteiger partial charge in [0, 0.05) is 19.3 Å². The van der Waals surface area contributed by atoms with E-state index in [1.807, 2.05) is 0 Å². The molecular formula is C12H19N3O4S. The van der Waals surface area contributed by atoms with Crippen LogP contribution in [0.5, 0.6) is 0 Å². The van der Waals surface area contributed by atoms with Gasteiger partial charge in [-0.05, 0) is 32.6 Å². The molecule has 7 nitrogen and oxygen atoms in total. The van der Waals surface area contributed by atoms with E-state index in [1.54, 1.807) is 14.0 Å². The molecule has 0 aliphatic heterocycles. The molecule has 1 heterocycles. The molecule has 20 heavy (non-hydrogen) atoms. The highest BCUT2D eigenvalue weighted by Crippen LogP contribution is 2.25. The molecule has 8 heteroatoms. The van der Waals surface area contributed by atoms with Crippen molar-refractivity contribution in [2.45, 2.75) is 43.5 Å². The van der Waals surface area contributed by atoms with Gasteiger partial charge in [-0.25, -0.2) is 13.1 Å². The van der Waals surface area contributed by atoms with Crippen LogP contribution < -0.4 is 4.72 Å². The second kappa shape index (κ2) is 5.53. The number of rotatable bonds is 4. The predicted octanol–water partition coefficient (Wildman–Crippen LogP) is 0.650. The summed E-state index contributed by atoms with van der Waals surface area (Å²) in [5, 5.41) is 13.0. The summed E-state index contributed by atoms with van der Waals surface area (Å²) in [5.41, 5.74) is 0.458. The van der Waals surface area contributed by atoms with E-state index in [9.17, 15) is 13.2 Å². The van der Waals surface area contributed by atoms with Crippen molar-refractivity contribution in [2.75, 3.05) is 0 Å². The van der Waals surface area contributed by atoms with Gasteiger partial charge in [0.1, 0.15) is 4.90 Å². The molecule has 1 aromatic heterocycles. The Morgan fingerprint density at radius 1 is 1.40 bits per heavy atom. The molecule has 0 atom stereocenters. The molecule has 1 saturated carbocycles. The second-order valence-electron chi connectivity index (χ2n) is 5.26. The van der Waals surface area contributed by atoms with Crippen LogP contribution in [0.2, 0.25) is 0 Å². The molecule has 0 unspecified atom stereocenters. The number of hydrogen-bond acceptors (Lipinski definition) is 4. The van der Waals surface area contributed by atoms with Crippen LogP contribution in [0.4, 0.5) is 0 Å². The monoisotopic (exact) mass is 301 g/mol. The Balaban J connectivity index is 2.03. The van der Waals surface area contributed by atoms with Crippen LogP contribution >= 0.6 is 0 Å². The van der Waals surface area contributed by atoms with Crippen molar-refractivity contribution in [3.05, 3.63) is 11.9 Å². The SMILES string of the molecule is Cc1nn(C)cc1S(=O)(=O)NC1CCC(C(=O)O)CC1. The van der Waals surface area contributed by atoms with Gasteiger partial charge in [0.15, 0.2) is 0 Å². The smallest absolute Gasteiger partial charge is 0.306 e. The largest absolute Gasteiger partial charge is 0.481 e. The minimum atomic E-state index is -3.59. The molecule has 1 aliphatic carbocycles. The number of nitrogens with zero attached hydrogens (tertiary/aromatic N) is 2. The molecule has 2 N–H and O–H groups in total. The first kappa shape index (κ1) is 15.0. The van der Waals surface area contributed by atoms with Gasteiger partial charge < -0.3 is 5.11 Å². The molecule has 1 aliphatic rings. The molecule has 0 spiro atoms. The summed E-state index contributed by atoms with van der Waals surface area (Å²) >= 11 is 0. The van der Waals surface area contributed by atoms with Crippen LogP contribution in [0.3, 0.4) is 0 Å². The zero-order valence-corrected chi connectivity index (χ0v) is 12.4. The van der Waals surface area contributed by atoms with Crippen molar-refractivity contribution in [2.24, 2.45) is 13.0 Å². The number of sulfonamides is 1. The van der Waals surface area contributed by atoms with Crippen LogP contribution in [0.15, 0.2) is 11.1 Å². The third-order valence-corrected chi connectivity index (χ3v) is 5.28. The minimum Gasteiger partial charge on any atom is -0.481 e. The highest BCUT2D eigenvalue weighted by molar-refractivity contribution is 7.89. The van der Waals surface area contributed by atoms with Crippen LogP contribution in [-0.4, -0.2) is 35.3 Å². The molecule has 0 bridgehead atoms. The topological polar surface area (TPSA) is 101 Å². The lowest BCUT2D eigenvalue weighted by Crippen LogP contribution is -2.38. The summed E-state index contributed by atoms with van der Waals surface area (Å²) in [5.74, 6) is -1.15. The van der Waals surface area contributed by atoms with E-state index in [2.05, 4.69) is 9.82 Å². The minimum absolute atomic E-state index is 0.181. The summed E-state index contributed by atoms with van der Waals surface area (Å²) in [4.78, 5) is 11.0. The lowest BCUT2D eigenvalue weighted by atomic mass is 9.87. The van der Waals surface area contributed by atoms with Crippen LogP contribution in [0, 0.1) is 12.8 Å². The number of carbonyl (C=O) groups is 1. The van der Waals surface area contributed by atoms with Crippen molar-refractivity contribution in [3.8, 4) is 0 Å². The Kier molecular flexibility index (Phi) is 4.14. The maximum absolute atomic E-state index is 12.3. The predicted molar refractivity (Wildman–Crippen MR) is 71.6 cm³/mol. The summed E-state index contributed by atoms with van der Waals surface area (Å²) in [6.07, 6.45) is 3.59. The molecule has 1 fully saturated rings. The number of aromatic nitrogens is 2. The lowest BCUT2D eigenvalue weighted by Gasteiger charge is -2.26. The fraction of sp³-hybridized carbons (Fsp3) is 0.667. The summed E-state index contributed by atoms with van der Waals surface area (Å²) in [6.45, 7) is 1.65. The zero-order valence-electron chi connectivity index (χ0n) is 11.5.